The van der Waals surface area contributed by atoms with Crippen molar-refractivity contribution in [1.29, 1.82) is 0 Å². The van der Waals surface area contributed by atoms with Gasteiger partial charge in [-0.05, 0) is 36.0 Å². The molecular formula is C15H10N4O4S. The number of ether oxygens (including phenoxy) is 1. The van der Waals surface area contributed by atoms with Gasteiger partial charge in [0.05, 0.1) is 4.92 Å². The SMILES string of the molecule is O=C1NC(=S)NC1=Cc1ccc(Oc2ccc([N+](=O)[O-])cn2)cc1. The topological polar surface area (TPSA) is 106 Å². The van der Waals surface area contributed by atoms with E-state index in [4.69, 9.17) is 17.0 Å². The van der Waals surface area contributed by atoms with Crippen LogP contribution in [-0.4, -0.2) is 20.9 Å². The van der Waals surface area contributed by atoms with Gasteiger partial charge in [0.25, 0.3) is 11.6 Å². The lowest BCUT2D eigenvalue weighted by atomic mass is 10.2. The minimum Gasteiger partial charge on any atom is -0.439 e. The molecule has 8 nitrogen and oxygen atoms in total. The minimum atomic E-state index is -0.530. The van der Waals surface area contributed by atoms with E-state index in [9.17, 15) is 14.9 Å². The van der Waals surface area contributed by atoms with Crippen molar-refractivity contribution in [2.24, 2.45) is 0 Å². The number of carbonyl (C=O) groups excluding carboxylic acids is 1. The van der Waals surface area contributed by atoms with E-state index < -0.39 is 4.92 Å². The van der Waals surface area contributed by atoms with Gasteiger partial charge in [0, 0.05) is 12.1 Å². The largest absolute Gasteiger partial charge is 0.439 e. The number of hydrogen-bond donors (Lipinski definition) is 2. The molecule has 120 valence electrons. The first-order chi connectivity index (χ1) is 11.5. The molecule has 0 atom stereocenters. The predicted octanol–water partition coefficient (Wildman–Crippen LogP) is 2.13. The maximum Gasteiger partial charge on any atom is 0.287 e. The quantitative estimate of drug-likeness (QED) is 0.379. The maximum atomic E-state index is 11.6. The van der Waals surface area contributed by atoms with E-state index in [-0.39, 0.29) is 22.6 Å². The first-order valence-corrected chi connectivity index (χ1v) is 7.14. The van der Waals surface area contributed by atoms with Gasteiger partial charge in [-0.1, -0.05) is 12.1 Å². The molecule has 0 unspecified atom stereocenters. The zero-order valence-corrected chi connectivity index (χ0v) is 12.9. The molecular weight excluding hydrogens is 332 g/mol. The zero-order chi connectivity index (χ0) is 17.1. The molecule has 2 N–H and O–H groups in total. The molecule has 0 radical (unpaired) electrons. The summed E-state index contributed by atoms with van der Waals surface area (Å²) in [5.74, 6) is 0.474. The summed E-state index contributed by atoms with van der Waals surface area (Å²) in [5.41, 5.74) is 1.04. The van der Waals surface area contributed by atoms with Gasteiger partial charge in [0.1, 0.15) is 17.6 Å². The first-order valence-electron chi connectivity index (χ1n) is 6.74. The third-order valence-corrected chi connectivity index (χ3v) is 3.27. The van der Waals surface area contributed by atoms with Gasteiger partial charge in [-0.25, -0.2) is 4.98 Å². The second-order valence-corrected chi connectivity index (χ2v) is 5.16. The number of carbonyl (C=O) groups is 1. The van der Waals surface area contributed by atoms with E-state index in [0.29, 0.717) is 11.4 Å². The summed E-state index contributed by atoms with van der Waals surface area (Å²) in [4.78, 5) is 25.5. The highest BCUT2D eigenvalue weighted by atomic mass is 32.1. The Balaban J connectivity index is 1.70. The number of nitrogens with one attached hydrogen (secondary N) is 2. The Labute approximate surface area is 141 Å². The lowest BCUT2D eigenvalue weighted by molar-refractivity contribution is -0.385. The van der Waals surface area contributed by atoms with Crippen LogP contribution < -0.4 is 15.4 Å². The van der Waals surface area contributed by atoms with Gasteiger partial charge in [-0.15, -0.1) is 0 Å². The molecule has 1 amide bonds. The lowest BCUT2D eigenvalue weighted by Gasteiger charge is -2.04. The molecule has 2 heterocycles. The normalized spacial score (nSPS) is 15.1. The number of amides is 1. The Morgan fingerprint density at radius 1 is 1.17 bits per heavy atom. The van der Waals surface area contributed by atoms with Crippen LogP contribution in [0.1, 0.15) is 5.56 Å². The number of rotatable bonds is 4. The fourth-order valence-corrected chi connectivity index (χ4v) is 2.15. The molecule has 2 aromatic rings. The number of thiocarbonyl (C=S) groups is 1. The molecule has 24 heavy (non-hydrogen) atoms. The standard InChI is InChI=1S/C15H10N4O4S/c20-14-12(17-15(24)18-14)7-9-1-4-11(5-2-9)23-13-6-3-10(8-16-13)19(21)22/h1-8H,(H2,17,18,20,24). The molecule has 1 aliphatic heterocycles. The van der Waals surface area contributed by atoms with Crippen LogP contribution in [0.4, 0.5) is 5.69 Å². The van der Waals surface area contributed by atoms with Crippen LogP contribution in [0.15, 0.2) is 48.3 Å². The van der Waals surface area contributed by atoms with Crippen molar-refractivity contribution in [3.05, 3.63) is 64.0 Å². The Kier molecular flexibility index (Phi) is 4.17. The van der Waals surface area contributed by atoms with Crippen molar-refractivity contribution in [1.82, 2.24) is 15.6 Å². The molecule has 1 aliphatic rings. The Hall–Kier alpha value is -3.33. The maximum absolute atomic E-state index is 11.6. The molecule has 1 aromatic carbocycles. The summed E-state index contributed by atoms with van der Waals surface area (Å²) in [6.07, 6.45) is 2.78. The third-order valence-electron chi connectivity index (χ3n) is 3.06. The summed E-state index contributed by atoms with van der Waals surface area (Å²) < 4.78 is 5.51. The number of pyridine rings is 1. The van der Waals surface area contributed by atoms with Crippen molar-refractivity contribution in [2.75, 3.05) is 0 Å². The fraction of sp³-hybridized carbons (Fsp3) is 0. The molecule has 3 rings (SSSR count). The van der Waals surface area contributed by atoms with Crippen molar-refractivity contribution >= 4 is 35.0 Å². The van der Waals surface area contributed by atoms with Crippen LogP contribution in [-0.2, 0) is 4.79 Å². The van der Waals surface area contributed by atoms with E-state index in [2.05, 4.69) is 15.6 Å². The Morgan fingerprint density at radius 2 is 1.92 bits per heavy atom. The van der Waals surface area contributed by atoms with Gasteiger partial charge < -0.3 is 10.1 Å². The van der Waals surface area contributed by atoms with Crippen LogP contribution in [0.5, 0.6) is 11.6 Å². The molecule has 9 heteroatoms. The highest BCUT2D eigenvalue weighted by Crippen LogP contribution is 2.22. The summed E-state index contributed by atoms with van der Waals surface area (Å²) in [5, 5.41) is 16.1. The van der Waals surface area contributed by atoms with E-state index in [1.54, 1.807) is 30.3 Å². The number of nitrogens with zero attached hydrogens (tertiary/aromatic N) is 2. The van der Waals surface area contributed by atoms with Crippen LogP contribution in [0.25, 0.3) is 6.08 Å². The Morgan fingerprint density at radius 3 is 2.46 bits per heavy atom. The van der Waals surface area contributed by atoms with Crippen LogP contribution in [0, 0.1) is 10.1 Å². The number of hydrogen-bond acceptors (Lipinski definition) is 6. The summed E-state index contributed by atoms with van der Waals surface area (Å²) >= 11 is 4.86. The molecule has 0 bridgehead atoms. The lowest BCUT2D eigenvalue weighted by Crippen LogP contribution is -2.21. The van der Waals surface area contributed by atoms with Gasteiger partial charge in [-0.2, -0.15) is 0 Å². The van der Waals surface area contributed by atoms with Crippen LogP contribution in [0.2, 0.25) is 0 Å². The highest BCUT2D eigenvalue weighted by Gasteiger charge is 2.19. The van der Waals surface area contributed by atoms with Gasteiger partial charge >= 0.3 is 0 Å². The van der Waals surface area contributed by atoms with Crippen molar-refractivity contribution < 1.29 is 14.5 Å². The summed E-state index contributed by atoms with van der Waals surface area (Å²) in [7, 11) is 0. The monoisotopic (exact) mass is 342 g/mol. The molecule has 0 aliphatic carbocycles. The van der Waals surface area contributed by atoms with Crippen LogP contribution >= 0.6 is 12.2 Å². The third kappa shape index (κ3) is 3.52. The Bertz CT molecular complexity index is 847. The average molecular weight is 342 g/mol. The minimum absolute atomic E-state index is 0.107. The number of nitro groups is 1. The summed E-state index contributed by atoms with van der Waals surface area (Å²) in [6.45, 7) is 0. The number of aromatic nitrogens is 1. The first kappa shape index (κ1) is 15.6. The van der Waals surface area contributed by atoms with Crippen molar-refractivity contribution in [2.45, 2.75) is 0 Å². The second kappa shape index (κ2) is 6.42. The molecule has 1 saturated heterocycles. The van der Waals surface area contributed by atoms with E-state index in [1.807, 2.05) is 0 Å². The van der Waals surface area contributed by atoms with Gasteiger partial charge in [-0.3, -0.25) is 20.2 Å². The molecule has 0 spiro atoms. The zero-order valence-electron chi connectivity index (χ0n) is 12.1. The smallest absolute Gasteiger partial charge is 0.287 e. The van der Waals surface area contributed by atoms with E-state index in [1.165, 1.54) is 12.1 Å². The molecule has 1 fully saturated rings. The van der Waals surface area contributed by atoms with E-state index >= 15 is 0 Å². The average Bonchev–Trinajstić information content (AvgIpc) is 2.87. The molecule has 1 aromatic heterocycles. The predicted molar refractivity (Wildman–Crippen MR) is 89.3 cm³/mol. The van der Waals surface area contributed by atoms with E-state index in [0.717, 1.165) is 11.8 Å². The van der Waals surface area contributed by atoms with Crippen LogP contribution in [0.3, 0.4) is 0 Å². The van der Waals surface area contributed by atoms with Gasteiger partial charge in [0.2, 0.25) is 5.88 Å². The number of benzene rings is 1. The van der Waals surface area contributed by atoms with Crippen molar-refractivity contribution in [3.63, 3.8) is 0 Å². The van der Waals surface area contributed by atoms with Gasteiger partial charge in [0.15, 0.2) is 5.11 Å². The highest BCUT2D eigenvalue weighted by molar-refractivity contribution is 7.80. The fourth-order valence-electron chi connectivity index (χ4n) is 1.94. The second-order valence-electron chi connectivity index (χ2n) is 4.75. The van der Waals surface area contributed by atoms with Crippen molar-refractivity contribution in [3.8, 4) is 11.6 Å². The summed E-state index contributed by atoms with van der Waals surface area (Å²) in [6, 6.07) is 9.63. The molecule has 0 saturated carbocycles.